The number of Topliss-reactive ketones (excluding diaryl/α,β-unsaturated/α-hetero) is 1. The second-order valence-electron chi connectivity index (χ2n) is 9.71. The average molecular weight is 376 g/mol. The Bertz CT molecular complexity index is 711. The SMILES string of the molecule is COC(=O)C1=CC23CC(C)CCC2C2(C)C(=O)CC(C(C)C)C(OC)(O3)C12. The molecule has 5 aliphatic rings. The predicted octanol–water partition coefficient (Wildman–Crippen LogP) is 3.51. The van der Waals surface area contributed by atoms with Crippen LogP contribution in [0.15, 0.2) is 11.6 Å². The summed E-state index contributed by atoms with van der Waals surface area (Å²) in [7, 11) is 3.07. The van der Waals surface area contributed by atoms with E-state index in [4.69, 9.17) is 14.2 Å². The van der Waals surface area contributed by atoms with E-state index in [9.17, 15) is 9.59 Å². The highest BCUT2D eigenvalue weighted by Gasteiger charge is 2.77. The van der Waals surface area contributed by atoms with Gasteiger partial charge in [-0.25, -0.2) is 4.79 Å². The summed E-state index contributed by atoms with van der Waals surface area (Å²) in [5.41, 5.74) is -0.709. The van der Waals surface area contributed by atoms with Crippen LogP contribution in [0.25, 0.3) is 0 Å². The molecule has 0 aromatic carbocycles. The third-order valence-corrected chi connectivity index (χ3v) is 8.06. The molecule has 1 saturated heterocycles. The minimum absolute atomic E-state index is 0.0866. The van der Waals surface area contributed by atoms with Gasteiger partial charge in [-0.05, 0) is 30.8 Å². The minimum atomic E-state index is -0.956. The summed E-state index contributed by atoms with van der Waals surface area (Å²) in [6.07, 6.45) is 5.27. The van der Waals surface area contributed by atoms with Crippen molar-refractivity contribution < 1.29 is 23.8 Å². The lowest BCUT2D eigenvalue weighted by Gasteiger charge is -2.71. The van der Waals surface area contributed by atoms with Crippen LogP contribution in [0.1, 0.15) is 53.4 Å². The van der Waals surface area contributed by atoms with Gasteiger partial charge in [0.05, 0.1) is 18.6 Å². The van der Waals surface area contributed by atoms with E-state index >= 15 is 0 Å². The fourth-order valence-corrected chi connectivity index (χ4v) is 6.97. The van der Waals surface area contributed by atoms with Crippen molar-refractivity contribution in [2.24, 2.45) is 35.0 Å². The molecule has 2 aliphatic heterocycles. The van der Waals surface area contributed by atoms with Gasteiger partial charge in [-0.2, -0.15) is 0 Å². The molecular weight excluding hydrogens is 344 g/mol. The van der Waals surface area contributed by atoms with Crippen molar-refractivity contribution in [3.63, 3.8) is 0 Å². The maximum Gasteiger partial charge on any atom is 0.334 e. The molecule has 2 saturated carbocycles. The second kappa shape index (κ2) is 5.90. The molecule has 1 spiro atoms. The van der Waals surface area contributed by atoms with Crippen LogP contribution in [0.4, 0.5) is 0 Å². The normalized spacial score (nSPS) is 48.3. The summed E-state index contributed by atoms with van der Waals surface area (Å²) in [6.45, 7) is 8.48. The molecule has 3 aliphatic carbocycles. The van der Waals surface area contributed by atoms with Crippen molar-refractivity contribution in [3.8, 4) is 0 Å². The summed E-state index contributed by atoms with van der Waals surface area (Å²) in [4.78, 5) is 26.4. The molecule has 0 aromatic rings. The Labute approximate surface area is 161 Å². The molecule has 2 heterocycles. The summed E-state index contributed by atoms with van der Waals surface area (Å²) < 4.78 is 18.2. The minimum Gasteiger partial charge on any atom is -0.466 e. The molecule has 27 heavy (non-hydrogen) atoms. The third-order valence-electron chi connectivity index (χ3n) is 8.06. The Kier molecular flexibility index (Phi) is 4.18. The van der Waals surface area contributed by atoms with Crippen LogP contribution in [-0.4, -0.2) is 37.4 Å². The highest BCUT2D eigenvalue weighted by molar-refractivity contribution is 5.96. The number of carbonyl (C=O) groups excluding carboxylic acids is 2. The van der Waals surface area contributed by atoms with Crippen LogP contribution in [0.3, 0.4) is 0 Å². The quantitative estimate of drug-likeness (QED) is 0.706. The molecule has 5 heteroatoms. The van der Waals surface area contributed by atoms with Gasteiger partial charge in [-0.1, -0.05) is 34.1 Å². The van der Waals surface area contributed by atoms with Crippen LogP contribution in [0, 0.1) is 35.0 Å². The summed E-state index contributed by atoms with van der Waals surface area (Å²) >= 11 is 0. The maximum atomic E-state index is 13.6. The molecule has 5 nitrogen and oxygen atoms in total. The van der Waals surface area contributed by atoms with E-state index in [1.807, 2.05) is 6.08 Å². The van der Waals surface area contributed by atoms with E-state index in [-0.39, 0.29) is 29.5 Å². The molecular formula is C22H32O5. The summed E-state index contributed by atoms with van der Waals surface area (Å²) in [5, 5.41) is 0. The first kappa shape index (κ1) is 19.1. The van der Waals surface area contributed by atoms with E-state index in [0.29, 0.717) is 17.9 Å². The van der Waals surface area contributed by atoms with Gasteiger partial charge in [-0.3, -0.25) is 4.79 Å². The third kappa shape index (κ3) is 2.19. The Morgan fingerprint density at radius 2 is 2.00 bits per heavy atom. The van der Waals surface area contributed by atoms with Gasteiger partial charge in [0.15, 0.2) is 5.79 Å². The highest BCUT2D eigenvalue weighted by atomic mass is 16.7. The number of ether oxygens (including phenoxy) is 3. The molecule has 4 bridgehead atoms. The van der Waals surface area contributed by atoms with Gasteiger partial charge in [0.2, 0.25) is 0 Å². The number of carbonyl (C=O) groups is 2. The van der Waals surface area contributed by atoms with Crippen molar-refractivity contribution in [3.05, 3.63) is 11.6 Å². The summed E-state index contributed by atoms with van der Waals surface area (Å²) in [5.74, 6) is -0.812. The first-order chi connectivity index (χ1) is 12.7. The first-order valence-electron chi connectivity index (χ1n) is 10.3. The average Bonchev–Trinajstić information content (AvgIpc) is 2.62. The fourth-order valence-electron chi connectivity index (χ4n) is 6.97. The van der Waals surface area contributed by atoms with E-state index in [1.165, 1.54) is 7.11 Å². The lowest BCUT2D eigenvalue weighted by atomic mass is 9.42. The Hall–Kier alpha value is -1.20. The summed E-state index contributed by atoms with van der Waals surface area (Å²) in [6, 6.07) is 0. The number of ketones is 1. The maximum absolute atomic E-state index is 13.6. The van der Waals surface area contributed by atoms with E-state index in [2.05, 4.69) is 27.7 Å². The van der Waals surface area contributed by atoms with Gasteiger partial charge >= 0.3 is 5.97 Å². The number of methoxy groups -OCH3 is 2. The molecule has 7 unspecified atom stereocenters. The zero-order valence-electron chi connectivity index (χ0n) is 17.3. The number of esters is 1. The smallest absolute Gasteiger partial charge is 0.334 e. The van der Waals surface area contributed by atoms with Crippen LogP contribution in [0.5, 0.6) is 0 Å². The van der Waals surface area contributed by atoms with Crippen LogP contribution in [-0.2, 0) is 23.8 Å². The molecule has 150 valence electrons. The van der Waals surface area contributed by atoms with Gasteiger partial charge < -0.3 is 14.2 Å². The Morgan fingerprint density at radius 3 is 2.59 bits per heavy atom. The van der Waals surface area contributed by atoms with E-state index in [0.717, 1.165) is 19.3 Å². The molecule has 5 rings (SSSR count). The van der Waals surface area contributed by atoms with Crippen molar-refractivity contribution in [2.75, 3.05) is 14.2 Å². The van der Waals surface area contributed by atoms with Gasteiger partial charge in [0.1, 0.15) is 5.78 Å². The molecule has 7 atom stereocenters. The zero-order valence-corrected chi connectivity index (χ0v) is 17.3. The molecule has 0 radical (unpaired) electrons. The number of rotatable bonds is 3. The van der Waals surface area contributed by atoms with Crippen LogP contribution < -0.4 is 0 Å². The Balaban J connectivity index is 2.00. The van der Waals surface area contributed by atoms with Crippen molar-refractivity contribution in [1.29, 1.82) is 0 Å². The zero-order chi connectivity index (χ0) is 19.8. The van der Waals surface area contributed by atoms with E-state index in [1.54, 1.807) is 7.11 Å². The predicted molar refractivity (Wildman–Crippen MR) is 99.7 cm³/mol. The van der Waals surface area contributed by atoms with Gasteiger partial charge in [-0.15, -0.1) is 0 Å². The lowest BCUT2D eigenvalue weighted by molar-refractivity contribution is -0.398. The topological polar surface area (TPSA) is 61.8 Å². The van der Waals surface area contributed by atoms with Crippen molar-refractivity contribution in [1.82, 2.24) is 0 Å². The first-order valence-corrected chi connectivity index (χ1v) is 10.3. The monoisotopic (exact) mass is 376 g/mol. The fraction of sp³-hybridized carbons (Fsp3) is 0.818. The number of hydrogen-bond acceptors (Lipinski definition) is 5. The largest absolute Gasteiger partial charge is 0.466 e. The van der Waals surface area contributed by atoms with Crippen molar-refractivity contribution in [2.45, 2.75) is 64.8 Å². The molecule has 0 aromatic heterocycles. The van der Waals surface area contributed by atoms with E-state index < -0.39 is 22.7 Å². The van der Waals surface area contributed by atoms with Gasteiger partial charge in [0.25, 0.3) is 0 Å². The Morgan fingerprint density at radius 1 is 1.30 bits per heavy atom. The molecule has 0 N–H and O–H groups in total. The van der Waals surface area contributed by atoms with Crippen LogP contribution in [0.2, 0.25) is 0 Å². The molecule has 3 fully saturated rings. The lowest BCUT2D eigenvalue weighted by Crippen LogP contribution is -2.77. The van der Waals surface area contributed by atoms with Crippen molar-refractivity contribution >= 4 is 11.8 Å². The van der Waals surface area contributed by atoms with Crippen LogP contribution >= 0.6 is 0 Å². The highest BCUT2D eigenvalue weighted by Crippen LogP contribution is 2.70. The number of hydrogen-bond donors (Lipinski definition) is 0. The standard InChI is InChI=1S/C22H32O5/c1-12(2)15-9-17(23)20(4)16-8-7-13(3)10-21(16)11-14(19(24)25-5)18(20)22(15,26-6)27-21/h11-13,15-16,18H,7-10H2,1-6H3. The molecule has 0 amide bonds. The van der Waals surface area contributed by atoms with Gasteiger partial charge in [0, 0.05) is 36.4 Å². The second-order valence-corrected chi connectivity index (χ2v) is 9.71.